The van der Waals surface area contributed by atoms with Gasteiger partial charge in [0.25, 0.3) is 0 Å². The third-order valence-corrected chi connectivity index (χ3v) is 4.67. The normalized spacial score (nSPS) is 12.9. The predicted octanol–water partition coefficient (Wildman–Crippen LogP) is 5.26. The molecule has 1 heterocycles. The zero-order valence-corrected chi connectivity index (χ0v) is 14.9. The molecule has 1 atom stereocenters. The monoisotopic (exact) mass is 370 g/mol. The Balaban J connectivity index is 2.36. The molecule has 0 aliphatic rings. The van der Waals surface area contributed by atoms with E-state index in [1.54, 1.807) is 11.3 Å². The molecule has 1 aromatic carbocycles. The Labute approximate surface area is 137 Å². The first-order valence-corrected chi connectivity index (χ1v) is 8.83. The van der Waals surface area contributed by atoms with Gasteiger partial charge < -0.3 is 5.32 Å². The van der Waals surface area contributed by atoms with E-state index in [1.165, 1.54) is 6.07 Å². The molecule has 0 saturated carbocycles. The maximum Gasteiger partial charge on any atom is 0.129 e. The first kappa shape index (κ1) is 16.6. The molecular formula is C16H20BrFN2S. The van der Waals surface area contributed by atoms with Gasteiger partial charge in [-0.25, -0.2) is 9.37 Å². The number of nitrogens with zero attached hydrogens (tertiary/aromatic N) is 1. The van der Waals surface area contributed by atoms with Crippen molar-refractivity contribution in [3.8, 4) is 0 Å². The van der Waals surface area contributed by atoms with E-state index in [9.17, 15) is 4.39 Å². The van der Waals surface area contributed by atoms with Crippen molar-refractivity contribution in [1.29, 1.82) is 0 Å². The molecule has 0 bridgehead atoms. The number of halogens is 2. The average Bonchev–Trinajstić information content (AvgIpc) is 2.91. The molecule has 21 heavy (non-hydrogen) atoms. The highest BCUT2D eigenvalue weighted by molar-refractivity contribution is 9.10. The van der Waals surface area contributed by atoms with Gasteiger partial charge in [-0.3, -0.25) is 0 Å². The van der Waals surface area contributed by atoms with Crippen LogP contribution in [0.5, 0.6) is 0 Å². The molecule has 0 radical (unpaired) electrons. The van der Waals surface area contributed by atoms with Crippen LogP contribution in [0.3, 0.4) is 0 Å². The van der Waals surface area contributed by atoms with Crippen LogP contribution in [0.2, 0.25) is 0 Å². The molecule has 1 unspecified atom stereocenters. The lowest BCUT2D eigenvalue weighted by atomic mass is 10.1. The maximum absolute atomic E-state index is 14.3. The smallest absolute Gasteiger partial charge is 0.129 e. The highest BCUT2D eigenvalue weighted by atomic mass is 79.9. The maximum atomic E-state index is 14.3. The summed E-state index contributed by atoms with van der Waals surface area (Å²) in [5, 5.41) is 6.40. The fourth-order valence-electron chi connectivity index (χ4n) is 2.05. The van der Waals surface area contributed by atoms with Gasteiger partial charge in [-0.2, -0.15) is 0 Å². The predicted molar refractivity (Wildman–Crippen MR) is 90.4 cm³/mol. The van der Waals surface area contributed by atoms with Crippen LogP contribution in [0.25, 0.3) is 0 Å². The molecule has 0 spiro atoms. The van der Waals surface area contributed by atoms with Gasteiger partial charge in [-0.05, 0) is 31.0 Å². The summed E-state index contributed by atoms with van der Waals surface area (Å²) in [6, 6.07) is 5.02. The minimum absolute atomic E-state index is 0.185. The molecule has 0 aliphatic heterocycles. The number of thiazole rings is 1. The van der Waals surface area contributed by atoms with Crippen LogP contribution < -0.4 is 5.32 Å². The van der Waals surface area contributed by atoms with Gasteiger partial charge in [0.15, 0.2) is 0 Å². The molecule has 0 aliphatic carbocycles. The zero-order chi connectivity index (χ0) is 15.4. The van der Waals surface area contributed by atoms with Crippen molar-refractivity contribution < 1.29 is 4.39 Å². The molecule has 1 aromatic heterocycles. The third kappa shape index (κ3) is 4.11. The molecule has 5 heteroatoms. The summed E-state index contributed by atoms with van der Waals surface area (Å²) in [6.45, 7) is 7.17. The number of benzene rings is 1. The van der Waals surface area contributed by atoms with Gasteiger partial charge in [0, 0.05) is 15.4 Å². The SMILES string of the molecule is CCCNC(c1nc(C(C)C)cs1)c1ccc(Br)cc1F. The Morgan fingerprint density at radius 3 is 2.71 bits per heavy atom. The van der Waals surface area contributed by atoms with Crippen LogP contribution in [0.15, 0.2) is 28.1 Å². The fraction of sp³-hybridized carbons (Fsp3) is 0.438. The van der Waals surface area contributed by atoms with E-state index in [2.05, 4.69) is 52.4 Å². The van der Waals surface area contributed by atoms with Crippen molar-refractivity contribution in [2.24, 2.45) is 0 Å². The van der Waals surface area contributed by atoms with Crippen LogP contribution >= 0.6 is 27.3 Å². The molecule has 2 aromatic rings. The summed E-state index contributed by atoms with van der Waals surface area (Å²) in [6.07, 6.45) is 0.997. The Kier molecular flexibility index (Phi) is 5.90. The Morgan fingerprint density at radius 1 is 1.38 bits per heavy atom. The highest BCUT2D eigenvalue weighted by Gasteiger charge is 2.21. The van der Waals surface area contributed by atoms with E-state index in [0.29, 0.717) is 11.5 Å². The average molecular weight is 371 g/mol. The van der Waals surface area contributed by atoms with Crippen molar-refractivity contribution >= 4 is 27.3 Å². The van der Waals surface area contributed by atoms with Crippen molar-refractivity contribution in [3.05, 3.63) is 50.1 Å². The van der Waals surface area contributed by atoms with Crippen LogP contribution in [0.4, 0.5) is 4.39 Å². The van der Waals surface area contributed by atoms with E-state index >= 15 is 0 Å². The van der Waals surface area contributed by atoms with Gasteiger partial charge in [0.2, 0.25) is 0 Å². The van der Waals surface area contributed by atoms with Crippen molar-refractivity contribution in [2.75, 3.05) is 6.54 Å². The number of aromatic nitrogens is 1. The molecule has 1 N–H and O–H groups in total. The lowest BCUT2D eigenvalue weighted by Crippen LogP contribution is -2.24. The Morgan fingerprint density at radius 2 is 2.14 bits per heavy atom. The number of hydrogen-bond donors (Lipinski definition) is 1. The zero-order valence-electron chi connectivity index (χ0n) is 12.5. The first-order valence-electron chi connectivity index (χ1n) is 7.16. The summed E-state index contributed by atoms with van der Waals surface area (Å²) in [5.41, 5.74) is 1.71. The number of nitrogens with one attached hydrogen (secondary N) is 1. The van der Waals surface area contributed by atoms with Gasteiger partial charge >= 0.3 is 0 Å². The van der Waals surface area contributed by atoms with Gasteiger partial charge in [0.05, 0.1) is 11.7 Å². The molecule has 2 nitrogen and oxygen atoms in total. The largest absolute Gasteiger partial charge is 0.304 e. The van der Waals surface area contributed by atoms with E-state index in [0.717, 1.165) is 28.1 Å². The minimum Gasteiger partial charge on any atom is -0.304 e. The summed E-state index contributed by atoms with van der Waals surface area (Å²) in [5.74, 6) is 0.177. The second-order valence-electron chi connectivity index (χ2n) is 5.32. The van der Waals surface area contributed by atoms with Crippen LogP contribution in [0, 0.1) is 5.82 Å². The number of rotatable bonds is 6. The van der Waals surface area contributed by atoms with Crippen LogP contribution in [-0.2, 0) is 0 Å². The van der Waals surface area contributed by atoms with E-state index in [1.807, 2.05) is 12.1 Å². The first-order chi connectivity index (χ1) is 10.0. The molecule has 114 valence electrons. The van der Waals surface area contributed by atoms with E-state index in [-0.39, 0.29) is 11.9 Å². The molecule has 0 saturated heterocycles. The molecule has 2 rings (SSSR count). The van der Waals surface area contributed by atoms with Crippen LogP contribution in [0.1, 0.15) is 55.4 Å². The molecule has 0 amide bonds. The lowest BCUT2D eigenvalue weighted by Gasteiger charge is -2.17. The van der Waals surface area contributed by atoms with Gasteiger partial charge in [0.1, 0.15) is 10.8 Å². The Hall–Kier alpha value is -0.780. The van der Waals surface area contributed by atoms with Crippen molar-refractivity contribution in [1.82, 2.24) is 10.3 Å². The highest BCUT2D eigenvalue weighted by Crippen LogP contribution is 2.30. The summed E-state index contributed by atoms with van der Waals surface area (Å²) in [4.78, 5) is 4.68. The van der Waals surface area contributed by atoms with Crippen LogP contribution in [-0.4, -0.2) is 11.5 Å². The van der Waals surface area contributed by atoms with Gasteiger partial charge in [-0.1, -0.05) is 42.8 Å². The topological polar surface area (TPSA) is 24.9 Å². The van der Waals surface area contributed by atoms with E-state index in [4.69, 9.17) is 0 Å². The minimum atomic E-state index is -0.209. The summed E-state index contributed by atoms with van der Waals surface area (Å²) >= 11 is 4.90. The second kappa shape index (κ2) is 7.47. The fourth-order valence-corrected chi connectivity index (χ4v) is 3.46. The molecule has 0 fully saturated rings. The van der Waals surface area contributed by atoms with Crippen molar-refractivity contribution in [2.45, 2.75) is 39.2 Å². The molecular weight excluding hydrogens is 351 g/mol. The Bertz CT molecular complexity index is 598. The van der Waals surface area contributed by atoms with Crippen molar-refractivity contribution in [3.63, 3.8) is 0 Å². The standard InChI is InChI=1S/C16H20BrFN2S/c1-4-7-19-15(12-6-5-11(17)8-13(12)18)16-20-14(9-21-16)10(2)3/h5-6,8-10,15,19H,4,7H2,1-3H3. The quantitative estimate of drug-likeness (QED) is 0.750. The van der Waals surface area contributed by atoms with Gasteiger partial charge in [-0.15, -0.1) is 11.3 Å². The van der Waals surface area contributed by atoms with E-state index < -0.39 is 0 Å². The lowest BCUT2D eigenvalue weighted by molar-refractivity contribution is 0.543. The summed E-state index contributed by atoms with van der Waals surface area (Å²) < 4.78 is 15.0. The number of hydrogen-bond acceptors (Lipinski definition) is 3. The third-order valence-electron chi connectivity index (χ3n) is 3.25. The second-order valence-corrected chi connectivity index (χ2v) is 7.12. The summed E-state index contributed by atoms with van der Waals surface area (Å²) in [7, 11) is 0.